The number of hydrogen-bond donors (Lipinski definition) is 0. The zero-order valence-electron chi connectivity index (χ0n) is 9.23. The van der Waals surface area contributed by atoms with Gasteiger partial charge in [0.1, 0.15) is 0 Å². The fourth-order valence-electron chi connectivity index (χ4n) is 1.11. The van der Waals surface area contributed by atoms with Gasteiger partial charge in [-0.25, -0.2) is 0 Å². The number of benzene rings is 1. The first kappa shape index (κ1) is 15.6. The maximum absolute atomic E-state index is 11.3. The van der Waals surface area contributed by atoms with Crippen molar-refractivity contribution >= 4 is 10.1 Å². The van der Waals surface area contributed by atoms with Gasteiger partial charge < -0.3 is 0 Å². The van der Waals surface area contributed by atoms with Crippen LogP contribution in [-0.4, -0.2) is 14.2 Å². The molecule has 0 unspecified atom stereocenters. The minimum absolute atomic E-state index is 0. The first-order chi connectivity index (χ1) is 7.14. The fraction of sp³-hybridized carbons (Fsp3) is 0.455. The van der Waals surface area contributed by atoms with Gasteiger partial charge in [0.05, 0.1) is 12.4 Å². The van der Waals surface area contributed by atoms with Crippen LogP contribution < -0.4 is 0 Å². The smallest absolute Gasteiger partial charge is 0.265 e. The van der Waals surface area contributed by atoms with Gasteiger partial charge in [-0.3, -0.25) is 4.18 Å². The van der Waals surface area contributed by atoms with Gasteiger partial charge in [0.25, 0.3) is 10.1 Å². The van der Waals surface area contributed by atoms with Crippen LogP contribution in [0.25, 0.3) is 0 Å². The van der Waals surface area contributed by atoms with Crippen LogP contribution in [0.2, 0.25) is 0 Å². The van der Waals surface area contributed by atoms with E-state index in [1.165, 1.54) is 0 Å². The summed E-state index contributed by atoms with van der Waals surface area (Å²) in [5.41, 5.74) is 0.873. The molecule has 0 fully saturated rings. The molecule has 5 heteroatoms. The van der Waals surface area contributed by atoms with Crippen molar-refractivity contribution in [3.8, 4) is 0 Å². The molecule has 0 amide bonds. The third-order valence-corrected chi connectivity index (χ3v) is 3.26. The molecule has 0 spiro atoms. The van der Waals surface area contributed by atoms with Crippen LogP contribution in [0.1, 0.15) is 25.3 Å². The average molecular weight is 283 g/mol. The molecule has 91 valence electrons. The maximum atomic E-state index is 11.3. The first-order valence-electron chi connectivity index (χ1n) is 5.05. The summed E-state index contributed by atoms with van der Waals surface area (Å²) in [5, 5.41) is 0. The second-order valence-electron chi connectivity index (χ2n) is 3.36. The molecule has 0 N–H and O–H groups in total. The van der Waals surface area contributed by atoms with Crippen LogP contribution in [0.5, 0.6) is 0 Å². The molecule has 0 bridgehead atoms. The molecule has 0 aliphatic rings. The summed E-state index contributed by atoms with van der Waals surface area (Å²) < 4.78 is 27.6. The van der Waals surface area contributed by atoms with Crippen molar-refractivity contribution in [2.45, 2.75) is 26.4 Å². The van der Waals surface area contributed by atoms with Crippen LogP contribution in [0.4, 0.5) is 0 Å². The summed E-state index contributed by atoms with van der Waals surface area (Å²) in [6, 6.07) is 9.29. The maximum Gasteiger partial charge on any atom is 0.267 e. The van der Waals surface area contributed by atoms with Gasteiger partial charge in [-0.1, -0.05) is 43.7 Å². The topological polar surface area (TPSA) is 43.4 Å². The zero-order chi connectivity index (χ0) is 11.1. The van der Waals surface area contributed by atoms with E-state index in [0.717, 1.165) is 12.0 Å². The monoisotopic (exact) mass is 283 g/mol. The minimum Gasteiger partial charge on any atom is -0.265 e. The van der Waals surface area contributed by atoms with Gasteiger partial charge in [-0.15, -0.1) is 0 Å². The Hall–Kier alpha value is -0.351. The summed E-state index contributed by atoms with van der Waals surface area (Å²) in [5.74, 6) is 0.107. The summed E-state index contributed by atoms with van der Waals surface area (Å²) in [6.45, 7) is 2.08. The number of unbranched alkanes of at least 4 members (excludes halogenated alkanes) is 1. The van der Waals surface area contributed by atoms with Gasteiger partial charge in [-0.2, -0.15) is 8.42 Å². The molecular weight excluding hydrogens is 267 g/mol. The predicted octanol–water partition coefficient (Wildman–Crippen LogP) is 2.33. The predicted molar refractivity (Wildman–Crippen MR) is 59.9 cm³/mol. The van der Waals surface area contributed by atoms with Crippen molar-refractivity contribution in [2.24, 2.45) is 0 Å². The third-order valence-electron chi connectivity index (χ3n) is 2.00. The largest absolute Gasteiger partial charge is 0.267 e. The molecule has 0 saturated heterocycles. The van der Waals surface area contributed by atoms with E-state index in [-0.39, 0.29) is 29.4 Å². The Kier molecular flexibility index (Phi) is 7.68. The molecule has 0 saturated carbocycles. The molecule has 1 aromatic rings. The second kappa shape index (κ2) is 7.85. The van der Waals surface area contributed by atoms with E-state index < -0.39 is 10.1 Å². The normalized spacial score (nSPS) is 10.8. The third kappa shape index (κ3) is 6.28. The van der Waals surface area contributed by atoms with E-state index in [1.54, 1.807) is 0 Å². The van der Waals surface area contributed by atoms with Crippen LogP contribution in [0, 0.1) is 0 Å². The Balaban J connectivity index is 0.00000225. The van der Waals surface area contributed by atoms with Crippen molar-refractivity contribution in [3.05, 3.63) is 35.9 Å². The van der Waals surface area contributed by atoms with Crippen LogP contribution in [0.15, 0.2) is 30.3 Å². The molecule has 3 nitrogen and oxygen atoms in total. The van der Waals surface area contributed by atoms with Crippen molar-refractivity contribution in [1.29, 1.82) is 0 Å². The fourth-order valence-corrected chi connectivity index (χ4v) is 2.19. The average Bonchev–Trinajstić information content (AvgIpc) is 2.25. The van der Waals surface area contributed by atoms with Crippen molar-refractivity contribution in [1.82, 2.24) is 0 Å². The number of hydrogen-bond acceptors (Lipinski definition) is 3. The summed E-state index contributed by atoms with van der Waals surface area (Å²) in [4.78, 5) is 0. The quantitative estimate of drug-likeness (QED) is 0.594. The molecule has 1 radical (unpaired) electrons. The zero-order valence-corrected chi connectivity index (χ0v) is 11.2. The SMILES string of the molecule is CCCCS(=O)(=O)OCc1ccccc1.[Mn]. The molecule has 1 rings (SSSR count). The van der Waals surface area contributed by atoms with E-state index in [1.807, 2.05) is 37.3 Å². The van der Waals surface area contributed by atoms with Crippen LogP contribution in [-0.2, 0) is 38.0 Å². The molecular formula is C11H16MnO3S. The minimum atomic E-state index is -3.34. The number of rotatable bonds is 6. The van der Waals surface area contributed by atoms with Crippen LogP contribution in [0.3, 0.4) is 0 Å². The van der Waals surface area contributed by atoms with Crippen molar-refractivity contribution in [2.75, 3.05) is 5.75 Å². The summed E-state index contributed by atoms with van der Waals surface area (Å²) in [7, 11) is -3.34. The molecule has 0 heterocycles. The van der Waals surface area contributed by atoms with Gasteiger partial charge >= 0.3 is 0 Å². The van der Waals surface area contributed by atoms with Gasteiger partial charge in [0, 0.05) is 17.1 Å². The molecule has 0 aliphatic heterocycles. The standard InChI is InChI=1S/C11H16O3S.Mn/c1-2-3-9-15(12,13)14-10-11-7-5-4-6-8-11;/h4-8H,2-3,9-10H2,1H3;. The van der Waals surface area contributed by atoms with E-state index in [4.69, 9.17) is 4.18 Å². The Morgan fingerprint density at radius 2 is 1.81 bits per heavy atom. The van der Waals surface area contributed by atoms with Gasteiger partial charge in [0.15, 0.2) is 0 Å². The molecule has 0 atom stereocenters. The summed E-state index contributed by atoms with van der Waals surface area (Å²) in [6.07, 6.45) is 1.51. The molecule has 0 aromatic heterocycles. The van der Waals surface area contributed by atoms with Crippen LogP contribution >= 0.6 is 0 Å². The van der Waals surface area contributed by atoms with E-state index in [0.29, 0.717) is 6.42 Å². The Morgan fingerprint density at radius 1 is 1.19 bits per heavy atom. The van der Waals surface area contributed by atoms with Gasteiger partial charge in [0.2, 0.25) is 0 Å². The molecule has 1 aromatic carbocycles. The summed E-state index contributed by atoms with van der Waals surface area (Å²) >= 11 is 0. The Bertz CT molecular complexity index is 375. The van der Waals surface area contributed by atoms with E-state index in [9.17, 15) is 8.42 Å². The Morgan fingerprint density at radius 3 is 2.38 bits per heavy atom. The van der Waals surface area contributed by atoms with Gasteiger partial charge in [-0.05, 0) is 12.0 Å². The first-order valence-corrected chi connectivity index (χ1v) is 6.63. The van der Waals surface area contributed by atoms with Crippen molar-refractivity contribution in [3.63, 3.8) is 0 Å². The van der Waals surface area contributed by atoms with E-state index in [2.05, 4.69) is 0 Å². The molecule has 16 heavy (non-hydrogen) atoms. The van der Waals surface area contributed by atoms with E-state index >= 15 is 0 Å². The second-order valence-corrected chi connectivity index (χ2v) is 5.12. The Labute approximate surface area is 108 Å². The molecule has 0 aliphatic carbocycles. The van der Waals surface area contributed by atoms with Crippen molar-refractivity contribution < 1.29 is 29.7 Å².